The first-order valence-electron chi connectivity index (χ1n) is 13.8. The first-order chi connectivity index (χ1) is 19.9. The molecule has 4 aromatic rings. The fraction of sp³-hybridized carbons (Fsp3) is 0.323. The van der Waals surface area contributed by atoms with Gasteiger partial charge in [-0.2, -0.15) is 0 Å². The van der Waals surface area contributed by atoms with Crippen LogP contribution in [-0.2, 0) is 22.7 Å². The number of carbonyl (C=O) groups excluding carboxylic acids is 1. The minimum atomic E-state index is -0.298. The van der Waals surface area contributed by atoms with Crippen LogP contribution in [0.2, 0.25) is 0 Å². The highest BCUT2D eigenvalue weighted by molar-refractivity contribution is 6.02. The van der Waals surface area contributed by atoms with Crippen LogP contribution in [0.1, 0.15) is 12.6 Å². The zero-order valence-corrected chi connectivity index (χ0v) is 24.1. The summed E-state index contributed by atoms with van der Waals surface area (Å²) in [6, 6.07) is 14.1. The SMILES string of the molecule is C=CC(=O)Nc1cc(Nc2nccc(-c3c4n(c5ccccc35)CCOC4)n2)c(OCC)cc1N(C)CCN(C)C. The Morgan fingerprint density at radius 1 is 1.17 bits per heavy atom. The van der Waals surface area contributed by atoms with E-state index in [9.17, 15) is 4.79 Å². The molecule has 1 aliphatic rings. The van der Waals surface area contributed by atoms with E-state index < -0.39 is 0 Å². The van der Waals surface area contributed by atoms with Crippen LogP contribution in [0.15, 0.2) is 61.3 Å². The molecule has 0 fully saturated rings. The number of aromatic nitrogens is 3. The molecule has 0 atom stereocenters. The van der Waals surface area contributed by atoms with Gasteiger partial charge in [0.15, 0.2) is 0 Å². The number of hydrogen-bond donors (Lipinski definition) is 2. The summed E-state index contributed by atoms with van der Waals surface area (Å²) in [5, 5.41) is 7.43. The standard InChI is InChI=1S/C31H37N7O3/c1-6-29(39)33-23-18-24(28(41-7-2)19-26(23)37(5)15-14-36(3)4)35-31-32-13-12-22(34-31)30-21-10-8-9-11-25(21)38-16-17-40-20-27(30)38/h6,8-13,18-19H,1,7,14-17,20H2,2-5H3,(H,33,39)(H,32,34,35). The van der Waals surface area contributed by atoms with Crippen molar-refractivity contribution in [2.75, 3.05) is 63.0 Å². The van der Waals surface area contributed by atoms with E-state index in [1.165, 1.54) is 11.6 Å². The fourth-order valence-electron chi connectivity index (χ4n) is 5.06. The number of carbonyl (C=O) groups is 1. The van der Waals surface area contributed by atoms with Gasteiger partial charge in [0.25, 0.3) is 0 Å². The average Bonchev–Trinajstić information content (AvgIpc) is 3.31. The van der Waals surface area contributed by atoms with E-state index in [0.717, 1.165) is 47.7 Å². The molecule has 2 aromatic heterocycles. The Bertz CT molecular complexity index is 1560. The Morgan fingerprint density at radius 3 is 2.78 bits per heavy atom. The molecule has 1 amide bonds. The quantitative estimate of drug-likeness (QED) is 0.253. The molecule has 0 saturated carbocycles. The molecule has 214 valence electrons. The smallest absolute Gasteiger partial charge is 0.247 e. The number of likely N-dealkylation sites (N-methyl/N-ethyl adjacent to an activating group) is 2. The first-order valence-corrected chi connectivity index (χ1v) is 13.8. The zero-order chi connectivity index (χ0) is 28.9. The van der Waals surface area contributed by atoms with E-state index in [1.54, 1.807) is 6.20 Å². The second-order valence-corrected chi connectivity index (χ2v) is 10.2. The number of nitrogens with one attached hydrogen (secondary N) is 2. The molecule has 10 heteroatoms. The predicted octanol–water partition coefficient (Wildman–Crippen LogP) is 4.89. The van der Waals surface area contributed by atoms with Gasteiger partial charge in [0.05, 0.1) is 48.3 Å². The van der Waals surface area contributed by atoms with Crippen LogP contribution in [0.5, 0.6) is 5.75 Å². The van der Waals surface area contributed by atoms with Crippen molar-refractivity contribution in [3.05, 3.63) is 67.0 Å². The maximum absolute atomic E-state index is 12.4. The highest BCUT2D eigenvalue weighted by atomic mass is 16.5. The molecule has 0 unspecified atom stereocenters. The summed E-state index contributed by atoms with van der Waals surface area (Å²) in [5.41, 5.74) is 6.23. The summed E-state index contributed by atoms with van der Waals surface area (Å²) < 4.78 is 14.2. The Hall–Kier alpha value is -4.41. The number of amides is 1. The summed E-state index contributed by atoms with van der Waals surface area (Å²) in [5.74, 6) is 0.747. The van der Waals surface area contributed by atoms with Crippen LogP contribution < -0.4 is 20.3 Å². The fourth-order valence-corrected chi connectivity index (χ4v) is 5.06. The third kappa shape index (κ3) is 6.03. The molecule has 41 heavy (non-hydrogen) atoms. The van der Waals surface area contributed by atoms with Gasteiger partial charge in [-0.3, -0.25) is 4.79 Å². The minimum absolute atomic E-state index is 0.298. The third-order valence-electron chi connectivity index (χ3n) is 7.07. The molecule has 10 nitrogen and oxygen atoms in total. The molecule has 0 saturated heterocycles. The maximum atomic E-state index is 12.4. The molecule has 0 aliphatic carbocycles. The summed E-state index contributed by atoms with van der Waals surface area (Å²) in [4.78, 5) is 26.0. The van der Waals surface area contributed by atoms with Crippen LogP contribution in [0.4, 0.5) is 23.0 Å². The van der Waals surface area contributed by atoms with Crippen LogP contribution in [0, 0.1) is 0 Å². The number of ether oxygens (including phenoxy) is 2. The lowest BCUT2D eigenvalue weighted by Gasteiger charge is -2.26. The van der Waals surface area contributed by atoms with Crippen LogP contribution in [-0.4, -0.2) is 72.8 Å². The van der Waals surface area contributed by atoms with Gasteiger partial charge in [-0.25, -0.2) is 9.97 Å². The van der Waals surface area contributed by atoms with Gasteiger partial charge in [0.1, 0.15) is 5.75 Å². The van der Waals surface area contributed by atoms with Gasteiger partial charge in [-0.15, -0.1) is 0 Å². The van der Waals surface area contributed by atoms with Gasteiger partial charge >= 0.3 is 0 Å². The van der Waals surface area contributed by atoms with Crippen molar-refractivity contribution >= 4 is 39.8 Å². The highest BCUT2D eigenvalue weighted by Crippen LogP contribution is 2.39. The average molecular weight is 556 g/mol. The van der Waals surface area contributed by atoms with E-state index >= 15 is 0 Å². The van der Waals surface area contributed by atoms with Crippen LogP contribution in [0.25, 0.3) is 22.2 Å². The third-order valence-corrected chi connectivity index (χ3v) is 7.07. The van der Waals surface area contributed by atoms with Gasteiger partial charge in [0.2, 0.25) is 11.9 Å². The number of rotatable bonds is 11. The lowest BCUT2D eigenvalue weighted by Crippen LogP contribution is -2.29. The first kappa shape index (κ1) is 28.1. The van der Waals surface area contributed by atoms with Crippen LogP contribution in [0.3, 0.4) is 0 Å². The van der Waals surface area contributed by atoms with Crippen molar-refractivity contribution < 1.29 is 14.3 Å². The maximum Gasteiger partial charge on any atom is 0.247 e. The molecule has 5 rings (SSSR count). The number of hydrogen-bond acceptors (Lipinski definition) is 8. The van der Waals surface area contributed by atoms with Gasteiger partial charge in [-0.1, -0.05) is 24.8 Å². The summed E-state index contributed by atoms with van der Waals surface area (Å²) in [6.45, 7) is 9.64. The number of anilines is 4. The Kier molecular flexibility index (Phi) is 8.51. The number of para-hydroxylation sites is 1. The molecule has 1 aliphatic heterocycles. The van der Waals surface area contributed by atoms with Gasteiger partial charge in [0, 0.05) is 55.4 Å². The Morgan fingerprint density at radius 2 is 2.00 bits per heavy atom. The molecular formula is C31H37N7O3. The van der Waals surface area contributed by atoms with E-state index in [4.69, 9.17) is 14.5 Å². The molecule has 0 spiro atoms. The topological polar surface area (TPSA) is 96.8 Å². The van der Waals surface area contributed by atoms with Gasteiger partial charge < -0.3 is 34.5 Å². The monoisotopic (exact) mass is 555 g/mol. The van der Waals surface area contributed by atoms with Gasteiger partial charge in [-0.05, 0) is 45.3 Å². The van der Waals surface area contributed by atoms with Crippen molar-refractivity contribution in [1.29, 1.82) is 0 Å². The van der Waals surface area contributed by atoms with E-state index in [1.807, 2.05) is 52.3 Å². The van der Waals surface area contributed by atoms with E-state index in [0.29, 0.717) is 42.9 Å². The predicted molar refractivity (Wildman–Crippen MR) is 164 cm³/mol. The second-order valence-electron chi connectivity index (χ2n) is 10.2. The molecular weight excluding hydrogens is 518 g/mol. The Labute approximate surface area is 240 Å². The second kappa shape index (κ2) is 12.4. The summed E-state index contributed by atoms with van der Waals surface area (Å²) in [7, 11) is 6.05. The van der Waals surface area contributed by atoms with Crippen molar-refractivity contribution in [3.8, 4) is 17.0 Å². The molecule has 2 aromatic carbocycles. The number of nitrogens with zero attached hydrogens (tertiary/aromatic N) is 5. The zero-order valence-electron chi connectivity index (χ0n) is 24.1. The van der Waals surface area contributed by atoms with E-state index in [2.05, 4.69) is 54.8 Å². The summed E-state index contributed by atoms with van der Waals surface area (Å²) in [6.07, 6.45) is 3.00. The highest BCUT2D eigenvalue weighted by Gasteiger charge is 2.23. The molecule has 0 bridgehead atoms. The van der Waals surface area contributed by atoms with Crippen molar-refractivity contribution in [1.82, 2.24) is 19.4 Å². The Balaban J connectivity index is 1.54. The van der Waals surface area contributed by atoms with E-state index in [-0.39, 0.29) is 5.91 Å². The normalized spacial score (nSPS) is 12.7. The number of fused-ring (bicyclic) bond motifs is 3. The molecule has 2 N–H and O–H groups in total. The largest absolute Gasteiger partial charge is 0.492 e. The van der Waals surface area contributed by atoms with Crippen molar-refractivity contribution in [3.63, 3.8) is 0 Å². The van der Waals surface area contributed by atoms with Crippen molar-refractivity contribution in [2.24, 2.45) is 0 Å². The molecule has 3 heterocycles. The number of benzene rings is 2. The lowest BCUT2D eigenvalue weighted by molar-refractivity contribution is -0.111. The van der Waals surface area contributed by atoms with Crippen LogP contribution >= 0.6 is 0 Å². The summed E-state index contributed by atoms with van der Waals surface area (Å²) >= 11 is 0. The molecule has 0 radical (unpaired) electrons. The van der Waals surface area contributed by atoms with Crippen molar-refractivity contribution in [2.45, 2.75) is 20.1 Å². The minimum Gasteiger partial charge on any atom is -0.492 e. The lowest BCUT2D eigenvalue weighted by atomic mass is 10.1.